The molecule has 0 aliphatic heterocycles. The van der Waals surface area contributed by atoms with E-state index in [1.807, 2.05) is 0 Å². The minimum absolute atomic E-state index is 0.0355. The number of rotatable bonds is 7. The summed E-state index contributed by atoms with van der Waals surface area (Å²) in [6, 6.07) is 12.5. The number of ether oxygens (including phenoxy) is 1. The van der Waals surface area contributed by atoms with Gasteiger partial charge in [0.15, 0.2) is 0 Å². The number of halogens is 1. The van der Waals surface area contributed by atoms with Gasteiger partial charge in [-0.15, -0.1) is 5.10 Å². The van der Waals surface area contributed by atoms with Crippen LogP contribution in [-0.2, 0) is 0 Å². The zero-order valence-electron chi connectivity index (χ0n) is 14.2. The first kappa shape index (κ1) is 17.6. The van der Waals surface area contributed by atoms with Gasteiger partial charge in [0.2, 0.25) is 5.89 Å². The van der Waals surface area contributed by atoms with E-state index in [0.717, 1.165) is 12.8 Å². The number of aromatic nitrogens is 2. The van der Waals surface area contributed by atoms with E-state index in [1.165, 1.54) is 24.3 Å². The summed E-state index contributed by atoms with van der Waals surface area (Å²) >= 11 is 0. The highest BCUT2D eigenvalue weighted by atomic mass is 19.1. The summed E-state index contributed by atoms with van der Waals surface area (Å²) in [5.74, 6) is 0.0728. The number of amides is 1. The maximum atomic E-state index is 13.0. The molecule has 3 aromatic rings. The third kappa shape index (κ3) is 4.44. The summed E-state index contributed by atoms with van der Waals surface area (Å²) in [5.41, 5.74) is 0.978. The van der Waals surface area contributed by atoms with Crippen LogP contribution in [0, 0.1) is 5.82 Å². The summed E-state index contributed by atoms with van der Waals surface area (Å²) in [6.45, 7) is 2.68. The van der Waals surface area contributed by atoms with E-state index in [0.29, 0.717) is 23.5 Å². The average molecular weight is 355 g/mol. The van der Waals surface area contributed by atoms with Gasteiger partial charge in [-0.25, -0.2) is 4.39 Å². The molecule has 3 rings (SSSR count). The Morgan fingerprint density at radius 1 is 1.19 bits per heavy atom. The fraction of sp³-hybridized carbons (Fsp3) is 0.211. The molecule has 6 nitrogen and oxygen atoms in total. The smallest absolute Gasteiger partial charge is 0.322 e. The van der Waals surface area contributed by atoms with Crippen LogP contribution >= 0.6 is 0 Å². The molecule has 0 spiro atoms. The van der Waals surface area contributed by atoms with Crippen molar-refractivity contribution < 1.29 is 18.3 Å². The van der Waals surface area contributed by atoms with E-state index in [1.54, 1.807) is 24.3 Å². The SMILES string of the molecule is CCCCOc1cccc(C(=O)Nc2nnc(-c3ccc(F)cc3)o2)c1. The summed E-state index contributed by atoms with van der Waals surface area (Å²) < 4.78 is 24.0. The van der Waals surface area contributed by atoms with Crippen molar-refractivity contribution in [3.8, 4) is 17.2 Å². The number of carbonyl (C=O) groups excluding carboxylic acids is 1. The topological polar surface area (TPSA) is 77.2 Å². The Kier molecular flexibility index (Phi) is 5.58. The van der Waals surface area contributed by atoms with Crippen LogP contribution in [-0.4, -0.2) is 22.7 Å². The van der Waals surface area contributed by atoms with E-state index in [2.05, 4.69) is 22.4 Å². The maximum Gasteiger partial charge on any atom is 0.322 e. The molecule has 0 saturated carbocycles. The minimum Gasteiger partial charge on any atom is -0.494 e. The van der Waals surface area contributed by atoms with E-state index in [-0.39, 0.29) is 23.6 Å². The van der Waals surface area contributed by atoms with Crippen LogP contribution in [0.2, 0.25) is 0 Å². The first-order valence-electron chi connectivity index (χ1n) is 8.29. The molecule has 134 valence electrons. The van der Waals surface area contributed by atoms with Gasteiger partial charge in [-0.3, -0.25) is 10.1 Å². The molecule has 0 aliphatic carbocycles. The van der Waals surface area contributed by atoms with Crippen molar-refractivity contribution in [3.63, 3.8) is 0 Å². The van der Waals surface area contributed by atoms with Gasteiger partial charge in [-0.05, 0) is 48.9 Å². The zero-order chi connectivity index (χ0) is 18.4. The molecule has 0 unspecified atom stereocenters. The van der Waals surface area contributed by atoms with Crippen molar-refractivity contribution in [2.75, 3.05) is 11.9 Å². The lowest BCUT2D eigenvalue weighted by Gasteiger charge is -2.07. The lowest BCUT2D eigenvalue weighted by Crippen LogP contribution is -2.12. The standard InChI is InChI=1S/C19H18FN3O3/c1-2-3-11-25-16-6-4-5-14(12-16)17(24)21-19-23-22-18(26-19)13-7-9-15(20)10-8-13/h4-10,12H,2-3,11H2,1H3,(H,21,23,24). The number of nitrogens with zero attached hydrogens (tertiary/aromatic N) is 2. The first-order chi connectivity index (χ1) is 12.7. The number of hydrogen-bond donors (Lipinski definition) is 1. The molecule has 1 N–H and O–H groups in total. The maximum absolute atomic E-state index is 13.0. The number of anilines is 1. The van der Waals surface area contributed by atoms with E-state index < -0.39 is 0 Å². The molecule has 26 heavy (non-hydrogen) atoms. The Balaban J connectivity index is 1.66. The molecular weight excluding hydrogens is 337 g/mol. The van der Waals surface area contributed by atoms with Crippen molar-refractivity contribution in [3.05, 3.63) is 59.9 Å². The van der Waals surface area contributed by atoms with E-state index >= 15 is 0 Å². The van der Waals surface area contributed by atoms with Gasteiger partial charge in [0.05, 0.1) is 6.61 Å². The number of benzene rings is 2. The predicted molar refractivity (Wildman–Crippen MR) is 94.5 cm³/mol. The highest BCUT2D eigenvalue weighted by molar-refractivity contribution is 6.03. The lowest BCUT2D eigenvalue weighted by molar-refractivity contribution is 0.102. The van der Waals surface area contributed by atoms with Gasteiger partial charge in [-0.1, -0.05) is 24.5 Å². The monoisotopic (exact) mass is 355 g/mol. The molecule has 1 amide bonds. The molecule has 0 radical (unpaired) electrons. The van der Waals surface area contributed by atoms with Crippen molar-refractivity contribution in [2.24, 2.45) is 0 Å². The van der Waals surface area contributed by atoms with Crippen LogP contribution in [0.15, 0.2) is 52.9 Å². The van der Waals surface area contributed by atoms with Crippen LogP contribution in [0.1, 0.15) is 30.1 Å². The van der Waals surface area contributed by atoms with Crippen LogP contribution in [0.25, 0.3) is 11.5 Å². The number of unbranched alkanes of at least 4 members (excludes halogenated alkanes) is 1. The van der Waals surface area contributed by atoms with Crippen LogP contribution in [0.3, 0.4) is 0 Å². The molecule has 0 bridgehead atoms. The van der Waals surface area contributed by atoms with Crippen molar-refractivity contribution in [1.82, 2.24) is 10.2 Å². The van der Waals surface area contributed by atoms with Crippen LogP contribution in [0.4, 0.5) is 10.4 Å². The highest BCUT2D eigenvalue weighted by Crippen LogP contribution is 2.21. The van der Waals surface area contributed by atoms with E-state index in [4.69, 9.17) is 9.15 Å². The van der Waals surface area contributed by atoms with Crippen molar-refractivity contribution in [2.45, 2.75) is 19.8 Å². The van der Waals surface area contributed by atoms with Gasteiger partial charge in [0.1, 0.15) is 11.6 Å². The molecule has 0 atom stereocenters. The summed E-state index contributed by atoms with van der Waals surface area (Å²) in [4.78, 5) is 12.3. The van der Waals surface area contributed by atoms with Crippen LogP contribution < -0.4 is 10.1 Å². The van der Waals surface area contributed by atoms with Crippen LogP contribution in [0.5, 0.6) is 5.75 Å². The summed E-state index contributed by atoms with van der Waals surface area (Å²) in [5, 5.41) is 10.2. The molecule has 7 heteroatoms. The minimum atomic E-state index is -0.389. The van der Waals surface area contributed by atoms with Gasteiger partial charge < -0.3 is 9.15 Å². The molecule has 0 fully saturated rings. The third-order valence-electron chi connectivity index (χ3n) is 3.60. The van der Waals surface area contributed by atoms with Crippen molar-refractivity contribution in [1.29, 1.82) is 0 Å². The van der Waals surface area contributed by atoms with Gasteiger partial charge in [-0.2, -0.15) is 0 Å². The summed E-state index contributed by atoms with van der Waals surface area (Å²) in [6.07, 6.45) is 1.98. The number of nitrogens with one attached hydrogen (secondary N) is 1. The lowest BCUT2D eigenvalue weighted by atomic mass is 10.2. The fourth-order valence-electron chi connectivity index (χ4n) is 2.21. The van der Waals surface area contributed by atoms with Gasteiger partial charge >= 0.3 is 6.01 Å². The second kappa shape index (κ2) is 8.24. The Morgan fingerprint density at radius 3 is 2.77 bits per heavy atom. The highest BCUT2D eigenvalue weighted by Gasteiger charge is 2.13. The zero-order valence-corrected chi connectivity index (χ0v) is 14.2. The Bertz CT molecular complexity index is 878. The second-order valence-electron chi connectivity index (χ2n) is 5.60. The quantitative estimate of drug-likeness (QED) is 0.639. The molecular formula is C19H18FN3O3. The van der Waals surface area contributed by atoms with Crippen molar-refractivity contribution >= 4 is 11.9 Å². The number of hydrogen-bond acceptors (Lipinski definition) is 5. The average Bonchev–Trinajstić information content (AvgIpc) is 3.11. The number of carbonyl (C=O) groups is 1. The van der Waals surface area contributed by atoms with Gasteiger partial charge in [0, 0.05) is 11.1 Å². The summed E-state index contributed by atoms with van der Waals surface area (Å²) in [7, 11) is 0. The molecule has 0 aliphatic rings. The first-order valence-corrected chi connectivity index (χ1v) is 8.29. The molecule has 0 saturated heterocycles. The molecule has 2 aromatic carbocycles. The fourth-order valence-corrected chi connectivity index (χ4v) is 2.21. The van der Waals surface area contributed by atoms with E-state index in [9.17, 15) is 9.18 Å². The Hall–Kier alpha value is -3.22. The molecule has 1 aromatic heterocycles. The van der Waals surface area contributed by atoms with Gasteiger partial charge in [0.25, 0.3) is 5.91 Å². The Morgan fingerprint density at radius 2 is 2.00 bits per heavy atom. The second-order valence-corrected chi connectivity index (χ2v) is 5.60. The largest absolute Gasteiger partial charge is 0.494 e. The third-order valence-corrected chi connectivity index (χ3v) is 3.60. The predicted octanol–water partition coefficient (Wildman–Crippen LogP) is 4.31. The molecule has 1 heterocycles. The Labute approximate surface area is 150 Å². The normalized spacial score (nSPS) is 10.5.